The Hall–Kier alpha value is -2.56. The summed E-state index contributed by atoms with van der Waals surface area (Å²) in [6, 6.07) is 12.1. The molecule has 5 heteroatoms. The third kappa shape index (κ3) is 5.57. The van der Waals surface area contributed by atoms with Crippen LogP contribution in [-0.4, -0.2) is 31.1 Å². The van der Waals surface area contributed by atoms with Crippen LogP contribution in [0.15, 0.2) is 47.6 Å². The molecule has 1 aromatic heterocycles. The zero-order chi connectivity index (χ0) is 17.2. The summed E-state index contributed by atoms with van der Waals surface area (Å²) in [5, 5.41) is 6.61. The molecule has 0 saturated heterocycles. The molecule has 128 valence electrons. The fourth-order valence-corrected chi connectivity index (χ4v) is 2.34. The number of hydrogen-bond acceptors (Lipinski definition) is 3. The minimum Gasteiger partial charge on any atom is -0.496 e. The predicted octanol–water partition coefficient (Wildman–Crippen LogP) is 2.70. The highest BCUT2D eigenvalue weighted by Crippen LogP contribution is 2.20. The van der Waals surface area contributed by atoms with Crippen LogP contribution >= 0.6 is 0 Å². The number of aromatic nitrogens is 1. The van der Waals surface area contributed by atoms with Crippen molar-refractivity contribution in [1.29, 1.82) is 0 Å². The summed E-state index contributed by atoms with van der Waals surface area (Å²) in [4.78, 5) is 8.98. The number of rotatable bonds is 7. The number of hydrogen-bond donors (Lipinski definition) is 2. The van der Waals surface area contributed by atoms with Gasteiger partial charge in [-0.05, 0) is 37.6 Å². The van der Waals surface area contributed by atoms with Crippen LogP contribution in [0.3, 0.4) is 0 Å². The lowest BCUT2D eigenvalue weighted by Gasteiger charge is -2.12. The van der Waals surface area contributed by atoms with E-state index in [0.717, 1.165) is 42.5 Å². The molecule has 0 saturated carbocycles. The van der Waals surface area contributed by atoms with Crippen molar-refractivity contribution in [2.24, 2.45) is 4.99 Å². The number of guanidine groups is 1. The average Bonchev–Trinajstić information content (AvgIpc) is 2.61. The van der Waals surface area contributed by atoms with Gasteiger partial charge in [0, 0.05) is 37.0 Å². The van der Waals surface area contributed by atoms with E-state index in [4.69, 9.17) is 4.74 Å². The van der Waals surface area contributed by atoms with Crippen molar-refractivity contribution >= 4 is 5.96 Å². The summed E-state index contributed by atoms with van der Waals surface area (Å²) in [6.45, 7) is 6.29. The fraction of sp³-hybridized carbons (Fsp3) is 0.368. The second-order valence-corrected chi connectivity index (χ2v) is 5.51. The topological polar surface area (TPSA) is 58.5 Å². The number of benzene rings is 1. The number of aliphatic imine (C=N–C) groups is 1. The molecule has 2 aromatic rings. The van der Waals surface area contributed by atoms with Gasteiger partial charge in [-0.25, -0.2) is 4.99 Å². The molecule has 0 aliphatic heterocycles. The van der Waals surface area contributed by atoms with Crippen molar-refractivity contribution < 1.29 is 4.74 Å². The van der Waals surface area contributed by atoms with Crippen molar-refractivity contribution in [3.05, 3.63) is 59.4 Å². The van der Waals surface area contributed by atoms with E-state index in [1.54, 1.807) is 7.11 Å². The van der Waals surface area contributed by atoms with E-state index >= 15 is 0 Å². The van der Waals surface area contributed by atoms with Crippen LogP contribution in [0.2, 0.25) is 0 Å². The highest BCUT2D eigenvalue weighted by atomic mass is 16.5. The van der Waals surface area contributed by atoms with Crippen LogP contribution in [0.4, 0.5) is 0 Å². The van der Waals surface area contributed by atoms with E-state index in [2.05, 4.69) is 46.6 Å². The number of nitrogens with zero attached hydrogens (tertiary/aromatic N) is 2. The zero-order valence-corrected chi connectivity index (χ0v) is 14.7. The van der Waals surface area contributed by atoms with Crippen LogP contribution in [-0.2, 0) is 13.0 Å². The highest BCUT2D eigenvalue weighted by molar-refractivity contribution is 5.79. The first-order valence-electron chi connectivity index (χ1n) is 8.28. The SMILES string of the molecule is CCNC(=NCc1ccc(C)cc1OC)NCCc1ccccn1. The molecular formula is C19H26N4O. The molecule has 0 atom stereocenters. The first-order chi connectivity index (χ1) is 11.7. The smallest absolute Gasteiger partial charge is 0.191 e. The molecule has 0 unspecified atom stereocenters. The van der Waals surface area contributed by atoms with Crippen molar-refractivity contribution in [3.8, 4) is 5.75 Å². The van der Waals surface area contributed by atoms with Crippen molar-refractivity contribution in [3.63, 3.8) is 0 Å². The molecule has 2 N–H and O–H groups in total. The number of pyridine rings is 1. The molecule has 0 bridgehead atoms. The van der Waals surface area contributed by atoms with Gasteiger partial charge < -0.3 is 15.4 Å². The van der Waals surface area contributed by atoms with Crippen molar-refractivity contribution in [2.75, 3.05) is 20.2 Å². The van der Waals surface area contributed by atoms with E-state index in [1.807, 2.05) is 30.5 Å². The molecule has 5 nitrogen and oxygen atoms in total. The van der Waals surface area contributed by atoms with Crippen LogP contribution in [0, 0.1) is 6.92 Å². The Bertz CT molecular complexity index is 656. The van der Waals surface area contributed by atoms with E-state index in [0.29, 0.717) is 6.54 Å². The molecule has 2 rings (SSSR count). The van der Waals surface area contributed by atoms with Gasteiger partial charge in [-0.3, -0.25) is 4.98 Å². The maximum Gasteiger partial charge on any atom is 0.191 e. The number of nitrogens with one attached hydrogen (secondary N) is 2. The van der Waals surface area contributed by atoms with E-state index in [-0.39, 0.29) is 0 Å². The molecular weight excluding hydrogens is 300 g/mol. The van der Waals surface area contributed by atoms with Gasteiger partial charge in [0.05, 0.1) is 13.7 Å². The summed E-state index contributed by atoms with van der Waals surface area (Å²) in [7, 11) is 1.69. The van der Waals surface area contributed by atoms with Gasteiger partial charge >= 0.3 is 0 Å². The molecule has 1 aromatic carbocycles. The Morgan fingerprint density at radius 1 is 1.21 bits per heavy atom. The van der Waals surface area contributed by atoms with Gasteiger partial charge in [-0.2, -0.15) is 0 Å². The second kappa shape index (κ2) is 9.55. The van der Waals surface area contributed by atoms with Gasteiger partial charge in [0.2, 0.25) is 0 Å². The lowest BCUT2D eigenvalue weighted by atomic mass is 10.1. The van der Waals surface area contributed by atoms with E-state index in [9.17, 15) is 0 Å². The first-order valence-corrected chi connectivity index (χ1v) is 8.28. The third-order valence-corrected chi connectivity index (χ3v) is 3.59. The lowest BCUT2D eigenvalue weighted by molar-refractivity contribution is 0.409. The van der Waals surface area contributed by atoms with Gasteiger partial charge in [0.1, 0.15) is 5.75 Å². The van der Waals surface area contributed by atoms with Gasteiger partial charge in [0.25, 0.3) is 0 Å². The van der Waals surface area contributed by atoms with E-state index < -0.39 is 0 Å². The Kier molecular flexibility index (Phi) is 7.08. The minimum atomic E-state index is 0.572. The molecule has 1 heterocycles. The fourth-order valence-electron chi connectivity index (χ4n) is 2.34. The Morgan fingerprint density at radius 3 is 2.79 bits per heavy atom. The van der Waals surface area contributed by atoms with Crippen LogP contribution < -0.4 is 15.4 Å². The monoisotopic (exact) mass is 326 g/mol. The second-order valence-electron chi connectivity index (χ2n) is 5.51. The average molecular weight is 326 g/mol. The van der Waals surface area contributed by atoms with Gasteiger partial charge in [0.15, 0.2) is 5.96 Å². The Labute approximate surface area is 144 Å². The quantitative estimate of drug-likeness (QED) is 0.607. The Balaban J connectivity index is 1.95. The molecule has 0 fully saturated rings. The van der Waals surface area contributed by atoms with Gasteiger partial charge in [-0.1, -0.05) is 18.2 Å². The normalized spacial score (nSPS) is 11.2. The van der Waals surface area contributed by atoms with Crippen molar-refractivity contribution in [1.82, 2.24) is 15.6 Å². The highest BCUT2D eigenvalue weighted by Gasteiger charge is 2.04. The summed E-state index contributed by atoms with van der Waals surface area (Å²) in [6.07, 6.45) is 2.68. The van der Waals surface area contributed by atoms with Gasteiger partial charge in [-0.15, -0.1) is 0 Å². The number of aryl methyl sites for hydroxylation is 1. The molecule has 0 aliphatic carbocycles. The maximum atomic E-state index is 5.44. The summed E-state index contributed by atoms with van der Waals surface area (Å²) in [5.74, 6) is 1.68. The number of methoxy groups -OCH3 is 1. The molecule has 0 radical (unpaired) electrons. The zero-order valence-electron chi connectivity index (χ0n) is 14.7. The largest absolute Gasteiger partial charge is 0.496 e. The van der Waals surface area contributed by atoms with Crippen LogP contribution in [0.25, 0.3) is 0 Å². The van der Waals surface area contributed by atoms with Crippen LogP contribution in [0.5, 0.6) is 5.75 Å². The number of ether oxygens (including phenoxy) is 1. The Morgan fingerprint density at radius 2 is 2.08 bits per heavy atom. The minimum absolute atomic E-state index is 0.572. The first kappa shape index (κ1) is 17.8. The standard InChI is InChI=1S/C19H26N4O/c1-4-20-19(22-12-10-17-7-5-6-11-21-17)23-14-16-9-8-15(2)13-18(16)24-3/h5-9,11,13H,4,10,12,14H2,1-3H3,(H2,20,22,23). The molecule has 0 amide bonds. The molecule has 0 spiro atoms. The molecule has 24 heavy (non-hydrogen) atoms. The lowest BCUT2D eigenvalue weighted by Crippen LogP contribution is -2.38. The third-order valence-electron chi connectivity index (χ3n) is 3.59. The summed E-state index contributed by atoms with van der Waals surface area (Å²) in [5.41, 5.74) is 3.33. The van der Waals surface area contributed by atoms with Crippen molar-refractivity contribution in [2.45, 2.75) is 26.8 Å². The van der Waals surface area contributed by atoms with E-state index in [1.165, 1.54) is 5.56 Å². The summed E-state index contributed by atoms with van der Waals surface area (Å²) < 4.78 is 5.44. The maximum absolute atomic E-state index is 5.44. The predicted molar refractivity (Wildman–Crippen MR) is 98.5 cm³/mol. The van der Waals surface area contributed by atoms with Crippen LogP contribution in [0.1, 0.15) is 23.7 Å². The summed E-state index contributed by atoms with van der Waals surface area (Å²) >= 11 is 0. The molecule has 0 aliphatic rings.